The molecule has 2 aliphatic heterocycles. The number of carbonyl (C=O) groups is 1. The van der Waals surface area contributed by atoms with Gasteiger partial charge in [0.2, 0.25) is 0 Å². The molecule has 0 spiro atoms. The SMILES string of the molecule is [N-]=[N+]=NCc1ccc(NC(=O)c2ccc(CN3CCN(CN=[N+]=[N-])CC3)cc2)cc1NC1N=C(c2cccnc2)C=CN1. The van der Waals surface area contributed by atoms with E-state index in [0.29, 0.717) is 23.6 Å². The molecule has 14 nitrogen and oxygen atoms in total. The second-order valence-electron chi connectivity index (χ2n) is 9.98. The molecule has 218 valence electrons. The van der Waals surface area contributed by atoms with E-state index < -0.39 is 6.29 Å². The molecule has 1 saturated heterocycles. The second kappa shape index (κ2) is 14.5. The number of anilines is 2. The van der Waals surface area contributed by atoms with Gasteiger partial charge in [0.25, 0.3) is 5.91 Å². The first kappa shape index (κ1) is 29.1. The lowest BCUT2D eigenvalue weighted by Gasteiger charge is -2.33. The summed E-state index contributed by atoms with van der Waals surface area (Å²) in [6.45, 7) is 4.80. The van der Waals surface area contributed by atoms with Crippen molar-refractivity contribution in [1.82, 2.24) is 20.1 Å². The van der Waals surface area contributed by atoms with Gasteiger partial charge in [0.05, 0.1) is 18.9 Å². The lowest BCUT2D eigenvalue weighted by atomic mass is 10.1. The van der Waals surface area contributed by atoms with Crippen LogP contribution in [0.25, 0.3) is 20.9 Å². The molecule has 0 bridgehead atoms. The maximum absolute atomic E-state index is 13.1. The van der Waals surface area contributed by atoms with E-state index in [2.05, 4.69) is 50.8 Å². The third-order valence-corrected chi connectivity index (χ3v) is 7.10. The zero-order valence-electron chi connectivity index (χ0n) is 23.4. The van der Waals surface area contributed by atoms with Crippen LogP contribution in [0.1, 0.15) is 27.0 Å². The molecular formula is C29H31N13O. The van der Waals surface area contributed by atoms with Gasteiger partial charge in [-0.15, -0.1) is 0 Å². The van der Waals surface area contributed by atoms with Crippen LogP contribution < -0.4 is 16.0 Å². The van der Waals surface area contributed by atoms with Gasteiger partial charge < -0.3 is 16.0 Å². The Labute approximate surface area is 248 Å². The van der Waals surface area contributed by atoms with Gasteiger partial charge in [0, 0.05) is 83.6 Å². The lowest BCUT2D eigenvalue weighted by Crippen LogP contribution is -2.45. The average Bonchev–Trinajstić information content (AvgIpc) is 3.05. The Kier molecular flexibility index (Phi) is 9.81. The first-order valence-corrected chi connectivity index (χ1v) is 13.8. The minimum absolute atomic E-state index is 0.138. The number of hydrogen-bond acceptors (Lipinski definition) is 9. The molecule has 1 unspecified atom stereocenters. The molecule has 1 amide bonds. The summed E-state index contributed by atoms with van der Waals surface area (Å²) in [5.41, 5.74) is 22.7. The standard InChI is InChI=1S/C29H31N13O/c30-39-34-18-24-7-8-25(16-27(24)38-29-33-11-9-26(37-29)23-2-1-10-32-17-23)36-28(43)22-5-3-21(4-6-22)19-41-12-14-42(15-13-41)20-35-40-31/h1-11,16-17,29,33,38H,12-15,18-20H2,(H,36,43). The Bertz CT molecular complexity index is 1570. The number of carbonyl (C=O) groups excluding carboxylic acids is 1. The highest BCUT2D eigenvalue weighted by Crippen LogP contribution is 2.24. The van der Waals surface area contributed by atoms with Crippen LogP contribution in [0.15, 0.2) is 94.5 Å². The van der Waals surface area contributed by atoms with E-state index in [1.807, 2.05) is 48.5 Å². The summed E-state index contributed by atoms with van der Waals surface area (Å²) in [7, 11) is 0. The zero-order chi connectivity index (χ0) is 29.9. The Hall–Kier alpha value is -5.39. The van der Waals surface area contributed by atoms with Crippen LogP contribution in [-0.2, 0) is 13.1 Å². The van der Waals surface area contributed by atoms with Crippen LogP contribution in [0.5, 0.6) is 0 Å². The number of benzene rings is 2. The Morgan fingerprint density at radius 3 is 2.56 bits per heavy atom. The molecule has 1 aromatic heterocycles. The van der Waals surface area contributed by atoms with Crippen molar-refractivity contribution < 1.29 is 4.79 Å². The van der Waals surface area contributed by atoms with Crippen molar-refractivity contribution in [3.8, 4) is 0 Å². The molecule has 0 radical (unpaired) electrons. The first-order chi connectivity index (χ1) is 21.1. The van der Waals surface area contributed by atoms with Crippen molar-refractivity contribution in [3.63, 3.8) is 0 Å². The van der Waals surface area contributed by atoms with Gasteiger partial charge in [0.15, 0.2) is 6.29 Å². The molecule has 14 heteroatoms. The normalized spacial score (nSPS) is 16.7. The number of piperazine rings is 1. The number of azide groups is 2. The molecule has 5 rings (SSSR count). The summed E-state index contributed by atoms with van der Waals surface area (Å²) >= 11 is 0. The van der Waals surface area contributed by atoms with E-state index in [1.54, 1.807) is 30.7 Å². The highest BCUT2D eigenvalue weighted by atomic mass is 16.1. The van der Waals surface area contributed by atoms with Crippen LogP contribution in [-0.4, -0.2) is 65.5 Å². The summed E-state index contributed by atoms with van der Waals surface area (Å²) in [5.74, 6) is -0.234. The Balaban J connectivity index is 1.23. The fourth-order valence-electron chi connectivity index (χ4n) is 4.81. The molecular weight excluding hydrogens is 546 g/mol. The molecule has 1 fully saturated rings. The Morgan fingerprint density at radius 2 is 1.81 bits per heavy atom. The largest absolute Gasteiger partial charge is 0.353 e. The van der Waals surface area contributed by atoms with Crippen molar-refractivity contribution in [1.29, 1.82) is 0 Å². The number of amides is 1. The van der Waals surface area contributed by atoms with Crippen molar-refractivity contribution in [2.45, 2.75) is 19.4 Å². The van der Waals surface area contributed by atoms with E-state index in [1.165, 1.54) is 0 Å². The summed E-state index contributed by atoms with van der Waals surface area (Å²) in [6, 6.07) is 16.8. The molecule has 3 heterocycles. The molecule has 3 N–H and O–H groups in total. The van der Waals surface area contributed by atoms with Gasteiger partial charge in [-0.05, 0) is 64.7 Å². The molecule has 43 heavy (non-hydrogen) atoms. The van der Waals surface area contributed by atoms with Gasteiger partial charge in [-0.3, -0.25) is 19.6 Å². The summed E-state index contributed by atoms with van der Waals surface area (Å²) in [6.07, 6.45) is 6.64. The maximum Gasteiger partial charge on any atom is 0.255 e. The van der Waals surface area contributed by atoms with Gasteiger partial charge in [-0.1, -0.05) is 28.4 Å². The third kappa shape index (κ3) is 8.09. The number of pyridine rings is 1. The number of hydrogen-bond donors (Lipinski definition) is 3. The van der Waals surface area contributed by atoms with Crippen LogP contribution >= 0.6 is 0 Å². The molecule has 1 atom stereocenters. The number of allylic oxidation sites excluding steroid dienone is 1. The van der Waals surface area contributed by atoms with Crippen molar-refractivity contribution in [3.05, 3.63) is 122 Å². The fraction of sp³-hybridized carbons (Fsp3) is 0.276. The molecule has 2 aromatic carbocycles. The van der Waals surface area contributed by atoms with Gasteiger partial charge >= 0.3 is 0 Å². The Morgan fingerprint density at radius 1 is 1.02 bits per heavy atom. The van der Waals surface area contributed by atoms with Crippen LogP contribution in [0, 0.1) is 0 Å². The number of nitrogens with one attached hydrogen (secondary N) is 3. The smallest absolute Gasteiger partial charge is 0.255 e. The monoisotopic (exact) mass is 577 g/mol. The number of aromatic nitrogens is 1. The highest BCUT2D eigenvalue weighted by molar-refractivity contribution is 6.09. The molecule has 3 aromatic rings. The topological polar surface area (TPSA) is 182 Å². The van der Waals surface area contributed by atoms with Crippen molar-refractivity contribution in [2.24, 2.45) is 15.2 Å². The second-order valence-corrected chi connectivity index (χ2v) is 9.98. The van der Waals surface area contributed by atoms with E-state index >= 15 is 0 Å². The summed E-state index contributed by atoms with van der Waals surface area (Å²) in [4.78, 5) is 32.2. The predicted octanol–water partition coefficient (Wildman–Crippen LogP) is 4.83. The molecule has 0 aliphatic carbocycles. The zero-order valence-corrected chi connectivity index (χ0v) is 23.4. The van der Waals surface area contributed by atoms with Crippen molar-refractivity contribution in [2.75, 3.05) is 43.5 Å². The van der Waals surface area contributed by atoms with E-state index in [-0.39, 0.29) is 12.5 Å². The maximum atomic E-state index is 13.1. The number of aliphatic imine (C=N–C) groups is 1. The van der Waals surface area contributed by atoms with Crippen LogP contribution in [0.2, 0.25) is 0 Å². The van der Waals surface area contributed by atoms with Gasteiger partial charge in [-0.25, -0.2) is 4.99 Å². The minimum Gasteiger partial charge on any atom is -0.353 e. The quantitative estimate of drug-likeness (QED) is 0.167. The van der Waals surface area contributed by atoms with E-state index in [9.17, 15) is 4.79 Å². The fourth-order valence-corrected chi connectivity index (χ4v) is 4.81. The molecule has 2 aliphatic rings. The highest BCUT2D eigenvalue weighted by Gasteiger charge is 2.17. The number of rotatable bonds is 11. The minimum atomic E-state index is -0.488. The number of nitrogens with zero attached hydrogens (tertiary/aromatic N) is 10. The van der Waals surface area contributed by atoms with Gasteiger partial charge in [0.1, 0.15) is 0 Å². The third-order valence-electron chi connectivity index (χ3n) is 7.10. The van der Waals surface area contributed by atoms with Gasteiger partial charge in [-0.2, -0.15) is 0 Å². The van der Waals surface area contributed by atoms with Crippen molar-refractivity contribution >= 4 is 23.0 Å². The summed E-state index contributed by atoms with van der Waals surface area (Å²) in [5, 5.41) is 16.8. The van der Waals surface area contributed by atoms with E-state index in [4.69, 9.17) is 16.1 Å². The predicted molar refractivity (Wildman–Crippen MR) is 165 cm³/mol. The van der Waals surface area contributed by atoms with Crippen LogP contribution in [0.3, 0.4) is 0 Å². The summed E-state index contributed by atoms with van der Waals surface area (Å²) < 4.78 is 0. The van der Waals surface area contributed by atoms with Crippen LogP contribution in [0.4, 0.5) is 11.4 Å². The molecule has 0 saturated carbocycles. The first-order valence-electron chi connectivity index (χ1n) is 13.8. The van der Waals surface area contributed by atoms with E-state index in [0.717, 1.165) is 55.1 Å². The lowest BCUT2D eigenvalue weighted by molar-refractivity contribution is 0.102. The average molecular weight is 578 g/mol.